The van der Waals surface area contributed by atoms with E-state index in [1.807, 2.05) is 23.1 Å². The number of carbonyl (C=O) groups excluding carboxylic acids is 1. The molecule has 4 nitrogen and oxygen atoms in total. The Morgan fingerprint density at radius 1 is 1.16 bits per heavy atom. The number of benzene rings is 1. The third kappa shape index (κ3) is 3.31. The lowest BCUT2D eigenvalue weighted by molar-refractivity contribution is -0.136. The SMILES string of the molecule is COc1cccc(CN2CCC3(CCN(Cc4ccsc4)C3)C2=O)c1. The molecule has 1 spiro atoms. The predicted octanol–water partition coefficient (Wildman–Crippen LogP) is 3.38. The van der Waals surface area contributed by atoms with E-state index in [-0.39, 0.29) is 5.41 Å². The fourth-order valence-electron chi connectivity index (χ4n) is 4.15. The zero-order valence-corrected chi connectivity index (χ0v) is 15.4. The maximum Gasteiger partial charge on any atom is 0.230 e. The van der Waals surface area contributed by atoms with Gasteiger partial charge in [-0.05, 0) is 59.5 Å². The fourth-order valence-corrected chi connectivity index (χ4v) is 4.81. The van der Waals surface area contributed by atoms with Crippen molar-refractivity contribution in [1.29, 1.82) is 0 Å². The molecule has 2 aliphatic rings. The van der Waals surface area contributed by atoms with Crippen LogP contribution in [0.15, 0.2) is 41.1 Å². The molecule has 132 valence electrons. The Morgan fingerprint density at radius 3 is 2.84 bits per heavy atom. The number of hydrogen-bond acceptors (Lipinski definition) is 4. The van der Waals surface area contributed by atoms with Crippen LogP contribution in [0.4, 0.5) is 0 Å². The van der Waals surface area contributed by atoms with Gasteiger partial charge in [-0.3, -0.25) is 9.69 Å². The van der Waals surface area contributed by atoms with Crippen molar-refractivity contribution >= 4 is 17.2 Å². The molecule has 4 rings (SSSR count). The highest BCUT2D eigenvalue weighted by molar-refractivity contribution is 7.07. The summed E-state index contributed by atoms with van der Waals surface area (Å²) >= 11 is 1.74. The van der Waals surface area contributed by atoms with Gasteiger partial charge >= 0.3 is 0 Å². The molecule has 1 amide bonds. The van der Waals surface area contributed by atoms with Gasteiger partial charge in [-0.1, -0.05) is 12.1 Å². The first kappa shape index (κ1) is 16.6. The number of nitrogens with zero attached hydrogens (tertiary/aromatic N) is 2. The van der Waals surface area contributed by atoms with Crippen LogP contribution in [0.2, 0.25) is 0 Å². The molecular weight excluding hydrogens is 332 g/mol. The van der Waals surface area contributed by atoms with Gasteiger partial charge in [-0.25, -0.2) is 0 Å². The van der Waals surface area contributed by atoms with Gasteiger partial charge < -0.3 is 9.64 Å². The Labute approximate surface area is 153 Å². The molecule has 2 aromatic rings. The summed E-state index contributed by atoms with van der Waals surface area (Å²) in [5.41, 5.74) is 2.34. The van der Waals surface area contributed by atoms with E-state index >= 15 is 0 Å². The molecule has 0 saturated carbocycles. The van der Waals surface area contributed by atoms with E-state index < -0.39 is 0 Å². The Kier molecular flexibility index (Phi) is 4.52. The molecule has 1 unspecified atom stereocenters. The van der Waals surface area contributed by atoms with Gasteiger partial charge in [0.05, 0.1) is 12.5 Å². The number of carbonyl (C=O) groups is 1. The first-order valence-electron chi connectivity index (χ1n) is 8.84. The highest BCUT2D eigenvalue weighted by Gasteiger charge is 2.50. The normalized spacial score (nSPS) is 23.7. The topological polar surface area (TPSA) is 32.8 Å². The molecule has 2 saturated heterocycles. The largest absolute Gasteiger partial charge is 0.497 e. The molecule has 0 radical (unpaired) electrons. The van der Waals surface area contributed by atoms with Crippen molar-refractivity contribution < 1.29 is 9.53 Å². The summed E-state index contributed by atoms with van der Waals surface area (Å²) in [5, 5.41) is 4.33. The van der Waals surface area contributed by atoms with E-state index in [0.29, 0.717) is 12.5 Å². The third-order valence-corrected chi connectivity index (χ3v) is 6.26. The van der Waals surface area contributed by atoms with Gasteiger partial charge in [0.25, 0.3) is 0 Å². The average Bonchev–Trinajstić information content (AvgIpc) is 3.35. The van der Waals surface area contributed by atoms with E-state index in [1.165, 1.54) is 5.56 Å². The Hall–Kier alpha value is -1.85. The molecule has 1 aromatic heterocycles. The van der Waals surface area contributed by atoms with Crippen LogP contribution in [-0.2, 0) is 17.9 Å². The van der Waals surface area contributed by atoms with E-state index in [0.717, 1.165) is 50.3 Å². The van der Waals surface area contributed by atoms with Gasteiger partial charge in [0.15, 0.2) is 0 Å². The number of hydrogen-bond donors (Lipinski definition) is 0. The second-order valence-corrected chi connectivity index (χ2v) is 7.98. The van der Waals surface area contributed by atoms with E-state index in [1.54, 1.807) is 18.4 Å². The molecule has 0 bridgehead atoms. The minimum Gasteiger partial charge on any atom is -0.497 e. The van der Waals surface area contributed by atoms with Crippen LogP contribution in [0, 0.1) is 5.41 Å². The summed E-state index contributed by atoms with van der Waals surface area (Å²) in [6.45, 7) is 4.43. The standard InChI is InChI=1S/C20H24N2O2S/c1-24-18-4-2-3-16(11-18)13-22-9-7-20(19(22)23)6-8-21(15-20)12-17-5-10-25-14-17/h2-5,10-11,14H,6-9,12-13,15H2,1H3. The Balaban J connectivity index is 1.41. The first-order chi connectivity index (χ1) is 12.2. The summed E-state index contributed by atoms with van der Waals surface area (Å²) in [5.74, 6) is 1.19. The molecule has 1 aromatic carbocycles. The van der Waals surface area contributed by atoms with Gasteiger partial charge in [0, 0.05) is 26.2 Å². The van der Waals surface area contributed by atoms with E-state index in [4.69, 9.17) is 4.74 Å². The second-order valence-electron chi connectivity index (χ2n) is 7.20. The maximum atomic E-state index is 13.1. The van der Waals surface area contributed by atoms with Gasteiger partial charge in [-0.2, -0.15) is 11.3 Å². The lowest BCUT2D eigenvalue weighted by Crippen LogP contribution is -2.36. The summed E-state index contributed by atoms with van der Waals surface area (Å²) in [4.78, 5) is 17.6. The number of amides is 1. The van der Waals surface area contributed by atoms with Crippen molar-refractivity contribution in [1.82, 2.24) is 9.80 Å². The molecule has 25 heavy (non-hydrogen) atoms. The highest BCUT2D eigenvalue weighted by Crippen LogP contribution is 2.41. The number of ether oxygens (including phenoxy) is 1. The minimum absolute atomic E-state index is 0.158. The van der Waals surface area contributed by atoms with Crippen molar-refractivity contribution in [3.05, 3.63) is 52.2 Å². The molecule has 0 aliphatic carbocycles. The van der Waals surface area contributed by atoms with Crippen LogP contribution in [0.1, 0.15) is 24.0 Å². The van der Waals surface area contributed by atoms with Gasteiger partial charge in [-0.15, -0.1) is 0 Å². The molecule has 1 atom stereocenters. The zero-order valence-electron chi connectivity index (χ0n) is 14.6. The molecule has 5 heteroatoms. The van der Waals surface area contributed by atoms with Crippen LogP contribution >= 0.6 is 11.3 Å². The highest BCUT2D eigenvalue weighted by atomic mass is 32.1. The molecule has 3 heterocycles. The van der Waals surface area contributed by atoms with Gasteiger partial charge in [0.1, 0.15) is 5.75 Å². The van der Waals surface area contributed by atoms with Crippen molar-refractivity contribution in [3.8, 4) is 5.75 Å². The lowest BCUT2D eigenvalue weighted by atomic mass is 9.85. The molecule has 0 N–H and O–H groups in total. The summed E-state index contributed by atoms with van der Waals surface area (Å²) < 4.78 is 5.29. The Bertz CT molecular complexity index is 746. The van der Waals surface area contributed by atoms with Crippen molar-refractivity contribution in [2.24, 2.45) is 5.41 Å². The minimum atomic E-state index is -0.158. The van der Waals surface area contributed by atoms with E-state index in [9.17, 15) is 4.79 Å². The van der Waals surface area contributed by atoms with E-state index in [2.05, 4.69) is 27.8 Å². The summed E-state index contributed by atoms with van der Waals surface area (Å²) in [6, 6.07) is 10.2. The second kappa shape index (κ2) is 6.81. The van der Waals surface area contributed by atoms with Crippen LogP contribution in [0.3, 0.4) is 0 Å². The molecule has 2 aliphatic heterocycles. The number of thiophene rings is 1. The quantitative estimate of drug-likeness (QED) is 0.823. The van der Waals surface area contributed by atoms with Crippen LogP contribution < -0.4 is 4.74 Å². The van der Waals surface area contributed by atoms with Crippen LogP contribution in [0.25, 0.3) is 0 Å². The van der Waals surface area contributed by atoms with Crippen LogP contribution in [-0.4, -0.2) is 42.5 Å². The first-order valence-corrected chi connectivity index (χ1v) is 9.79. The number of methoxy groups -OCH3 is 1. The predicted molar refractivity (Wildman–Crippen MR) is 99.7 cm³/mol. The van der Waals surface area contributed by atoms with Crippen molar-refractivity contribution in [2.45, 2.75) is 25.9 Å². The molecular formula is C20H24N2O2S. The fraction of sp³-hybridized carbons (Fsp3) is 0.450. The van der Waals surface area contributed by atoms with Crippen LogP contribution in [0.5, 0.6) is 5.75 Å². The number of likely N-dealkylation sites (tertiary alicyclic amines) is 2. The lowest BCUT2D eigenvalue weighted by Gasteiger charge is -2.24. The van der Waals surface area contributed by atoms with Crippen molar-refractivity contribution in [3.63, 3.8) is 0 Å². The summed E-state index contributed by atoms with van der Waals surface area (Å²) in [7, 11) is 1.68. The zero-order chi connectivity index (χ0) is 17.3. The smallest absolute Gasteiger partial charge is 0.230 e. The number of rotatable bonds is 5. The summed E-state index contributed by atoms with van der Waals surface area (Å²) in [6.07, 6.45) is 1.97. The average molecular weight is 356 g/mol. The Morgan fingerprint density at radius 2 is 2.04 bits per heavy atom. The monoisotopic (exact) mass is 356 g/mol. The van der Waals surface area contributed by atoms with Crippen molar-refractivity contribution in [2.75, 3.05) is 26.7 Å². The maximum absolute atomic E-state index is 13.1. The third-order valence-electron chi connectivity index (χ3n) is 5.53. The molecule has 2 fully saturated rings. The van der Waals surface area contributed by atoms with Gasteiger partial charge in [0.2, 0.25) is 5.91 Å².